The Hall–Kier alpha value is -5.84. The van der Waals surface area contributed by atoms with Crippen LogP contribution in [-0.2, 0) is 26.3 Å². The quantitative estimate of drug-likeness (QED) is 0.0692. The first kappa shape index (κ1) is 38.4. The van der Waals surface area contributed by atoms with E-state index in [0.29, 0.717) is 29.1 Å². The second-order valence-corrected chi connectivity index (χ2v) is 12.5. The Bertz CT molecular complexity index is 1960. The predicted octanol–water partition coefficient (Wildman–Crippen LogP) is 5.34. The third-order valence-corrected chi connectivity index (χ3v) is 8.24. The fourth-order valence-corrected chi connectivity index (χ4v) is 5.23. The Morgan fingerprint density at radius 1 is 0.943 bits per heavy atom. The van der Waals surface area contributed by atoms with Crippen LogP contribution in [0.25, 0.3) is 0 Å². The van der Waals surface area contributed by atoms with Crippen molar-refractivity contribution in [1.82, 2.24) is 25.6 Å². The minimum atomic E-state index is -4.65. The fourth-order valence-electron chi connectivity index (χ4n) is 5.11. The number of aromatic nitrogens is 3. The molecule has 0 unspecified atom stereocenters. The van der Waals surface area contributed by atoms with Crippen molar-refractivity contribution in [2.75, 3.05) is 23.8 Å². The van der Waals surface area contributed by atoms with Gasteiger partial charge in [0.1, 0.15) is 11.9 Å². The van der Waals surface area contributed by atoms with Crippen LogP contribution in [0, 0.1) is 5.82 Å². The molecule has 1 atom stereocenters. The maximum Gasteiger partial charge on any atom is 0.422 e. The molecule has 1 saturated carbocycles. The third-order valence-electron chi connectivity index (χ3n) is 7.99. The molecule has 0 bridgehead atoms. The Morgan fingerprint density at radius 2 is 1.64 bits per heavy atom. The molecule has 53 heavy (non-hydrogen) atoms. The lowest BCUT2D eigenvalue weighted by Gasteiger charge is -2.19. The highest BCUT2D eigenvalue weighted by Gasteiger charge is 2.45. The zero-order valence-corrected chi connectivity index (χ0v) is 28.4. The number of anilines is 3. The number of carboxylic acid groups (broad SMARTS) is 1. The number of halogens is 5. The SMILES string of the molecule is O=C(CC[C@H](NC(=O)c1ccc(Nc2nc(NC3(c4ccc(Cl)cc4)CC3)nc(OCC(F)(F)F)n2)cc1)C(=O)O)C(=O)NCCc1cccc(F)c1. The van der Waals surface area contributed by atoms with Crippen molar-refractivity contribution in [3.8, 4) is 6.01 Å². The van der Waals surface area contributed by atoms with Gasteiger partial charge in [-0.25, -0.2) is 9.18 Å². The van der Waals surface area contributed by atoms with E-state index in [1.807, 2.05) is 12.1 Å². The van der Waals surface area contributed by atoms with Gasteiger partial charge < -0.3 is 31.1 Å². The number of ketones is 1. The molecule has 5 N–H and O–H groups in total. The van der Waals surface area contributed by atoms with Crippen LogP contribution in [0.15, 0.2) is 72.8 Å². The van der Waals surface area contributed by atoms with Gasteiger partial charge in [-0.05, 0) is 85.3 Å². The lowest BCUT2D eigenvalue weighted by Crippen LogP contribution is -2.42. The van der Waals surface area contributed by atoms with Gasteiger partial charge in [0.25, 0.3) is 11.8 Å². The van der Waals surface area contributed by atoms with E-state index in [1.165, 1.54) is 42.5 Å². The number of alkyl halides is 3. The highest BCUT2D eigenvalue weighted by Crippen LogP contribution is 2.48. The highest BCUT2D eigenvalue weighted by atomic mass is 35.5. The van der Waals surface area contributed by atoms with Crippen LogP contribution in [0.3, 0.4) is 0 Å². The number of nitrogens with one attached hydrogen (secondary N) is 4. The normalized spacial score (nSPS) is 13.7. The molecule has 5 rings (SSSR count). The van der Waals surface area contributed by atoms with Crippen molar-refractivity contribution < 1.29 is 46.6 Å². The van der Waals surface area contributed by atoms with E-state index in [9.17, 15) is 41.8 Å². The van der Waals surface area contributed by atoms with E-state index in [2.05, 4.69) is 36.2 Å². The number of benzene rings is 3. The summed E-state index contributed by atoms with van der Waals surface area (Å²) in [5, 5.41) is 20.9. The van der Waals surface area contributed by atoms with Gasteiger partial charge in [0.2, 0.25) is 17.7 Å². The lowest BCUT2D eigenvalue weighted by molar-refractivity contribution is -0.154. The summed E-state index contributed by atoms with van der Waals surface area (Å²) in [5.74, 6) is -4.70. The van der Waals surface area contributed by atoms with Crippen LogP contribution >= 0.6 is 11.6 Å². The maximum atomic E-state index is 13.3. The number of carbonyl (C=O) groups is 4. The first-order chi connectivity index (χ1) is 25.2. The summed E-state index contributed by atoms with van der Waals surface area (Å²) >= 11 is 6.01. The van der Waals surface area contributed by atoms with Crippen LogP contribution in [-0.4, -0.2) is 69.0 Å². The molecular weight excluding hydrogens is 726 g/mol. The second-order valence-electron chi connectivity index (χ2n) is 12.0. The van der Waals surface area contributed by atoms with Gasteiger partial charge in [0.05, 0.1) is 5.54 Å². The van der Waals surface area contributed by atoms with Gasteiger partial charge >= 0.3 is 18.2 Å². The molecule has 1 aliphatic rings. The Labute approximate surface area is 304 Å². The van der Waals surface area contributed by atoms with Crippen LogP contribution in [0.5, 0.6) is 6.01 Å². The van der Waals surface area contributed by atoms with E-state index in [1.54, 1.807) is 18.2 Å². The van der Waals surface area contributed by atoms with Gasteiger partial charge in [-0.15, -0.1) is 0 Å². The summed E-state index contributed by atoms with van der Waals surface area (Å²) < 4.78 is 56.9. The van der Waals surface area contributed by atoms with Crippen molar-refractivity contribution in [3.05, 3.63) is 100 Å². The zero-order valence-electron chi connectivity index (χ0n) is 27.7. The molecule has 0 radical (unpaired) electrons. The van der Waals surface area contributed by atoms with E-state index >= 15 is 0 Å². The molecule has 1 heterocycles. The molecule has 1 fully saturated rings. The molecule has 0 aliphatic heterocycles. The number of nitrogens with zero attached hydrogens (tertiary/aromatic N) is 3. The first-order valence-corrected chi connectivity index (χ1v) is 16.5. The van der Waals surface area contributed by atoms with Crippen molar-refractivity contribution in [3.63, 3.8) is 0 Å². The third kappa shape index (κ3) is 11.3. The van der Waals surface area contributed by atoms with Crippen LogP contribution in [0.1, 0.15) is 47.2 Å². The molecule has 0 spiro atoms. The number of hydrogen-bond acceptors (Lipinski definition) is 10. The van der Waals surface area contributed by atoms with Crippen molar-refractivity contribution in [2.45, 2.75) is 49.9 Å². The maximum absolute atomic E-state index is 13.3. The highest BCUT2D eigenvalue weighted by molar-refractivity contribution is 6.36. The minimum Gasteiger partial charge on any atom is -0.480 e. The number of hydrogen-bond donors (Lipinski definition) is 5. The Morgan fingerprint density at radius 3 is 2.28 bits per heavy atom. The van der Waals surface area contributed by atoms with Crippen molar-refractivity contribution in [1.29, 1.82) is 0 Å². The molecule has 1 aromatic heterocycles. The minimum absolute atomic E-state index is 0.0362. The summed E-state index contributed by atoms with van der Waals surface area (Å²) in [6.45, 7) is -1.58. The molecule has 2 amide bonds. The summed E-state index contributed by atoms with van der Waals surface area (Å²) in [6.07, 6.45) is -3.83. The van der Waals surface area contributed by atoms with Gasteiger partial charge in [0.15, 0.2) is 6.61 Å². The largest absolute Gasteiger partial charge is 0.480 e. The number of carbonyl (C=O) groups excluding carboxylic acids is 3. The van der Waals surface area contributed by atoms with Gasteiger partial charge in [-0.1, -0.05) is 35.9 Å². The molecule has 18 heteroatoms. The molecule has 0 saturated heterocycles. The summed E-state index contributed by atoms with van der Waals surface area (Å²) in [5.41, 5.74) is 1.26. The van der Waals surface area contributed by atoms with Crippen LogP contribution in [0.4, 0.5) is 35.1 Å². The number of aliphatic carboxylic acids is 1. The summed E-state index contributed by atoms with van der Waals surface area (Å²) in [4.78, 5) is 61.5. The molecule has 278 valence electrons. The van der Waals surface area contributed by atoms with Gasteiger partial charge in [-0.3, -0.25) is 14.4 Å². The standard InChI is InChI=1S/C35H32ClF4N7O6/c36-23-8-6-22(7-9-23)34(15-16-34)47-32-44-31(45-33(46-32)53-19-35(38,39)40)42-25-10-4-21(5-11-25)28(49)43-26(30(51)52)12-13-27(48)29(50)41-17-14-20-2-1-3-24(37)18-20/h1-11,18,26H,12-17,19H2,(H,41,50)(H,43,49)(H,51,52)(H2,42,44,45,46,47)/t26-/m0/s1. The molecule has 3 aromatic carbocycles. The smallest absolute Gasteiger partial charge is 0.422 e. The predicted molar refractivity (Wildman–Crippen MR) is 183 cm³/mol. The summed E-state index contributed by atoms with van der Waals surface area (Å²) in [6, 6.07) is 16.2. The van der Waals surface area contributed by atoms with E-state index in [-0.39, 0.29) is 36.8 Å². The molecule has 13 nitrogen and oxygen atoms in total. The molecule has 4 aromatic rings. The van der Waals surface area contributed by atoms with Crippen molar-refractivity contribution >= 4 is 52.8 Å². The molecule has 1 aliphatic carbocycles. The average molecular weight is 758 g/mol. The fraction of sp³-hybridized carbons (Fsp3) is 0.286. The Kier molecular flexibility index (Phi) is 12.1. The number of Topliss-reactive ketones (excluding diaryl/α,β-unsaturated/α-hetero) is 1. The number of rotatable bonds is 17. The topological polar surface area (TPSA) is 185 Å². The van der Waals surface area contributed by atoms with E-state index < -0.39 is 66.2 Å². The average Bonchev–Trinajstić information content (AvgIpc) is 3.89. The number of amides is 2. The van der Waals surface area contributed by atoms with Gasteiger partial charge in [0, 0.05) is 29.2 Å². The van der Waals surface area contributed by atoms with Crippen LogP contribution in [0.2, 0.25) is 5.02 Å². The number of carboxylic acids is 1. The second kappa shape index (κ2) is 16.7. The molecular formula is C35H32ClF4N7O6. The summed E-state index contributed by atoms with van der Waals surface area (Å²) in [7, 11) is 0. The van der Waals surface area contributed by atoms with E-state index in [0.717, 1.165) is 5.56 Å². The number of ether oxygens (including phenoxy) is 1. The lowest BCUT2D eigenvalue weighted by atomic mass is 10.1. The van der Waals surface area contributed by atoms with Gasteiger partial charge in [-0.2, -0.15) is 28.1 Å². The monoisotopic (exact) mass is 757 g/mol. The zero-order chi connectivity index (χ0) is 38.2. The van der Waals surface area contributed by atoms with Crippen LogP contribution < -0.4 is 26.0 Å². The Balaban J connectivity index is 1.18. The first-order valence-electron chi connectivity index (χ1n) is 16.1. The van der Waals surface area contributed by atoms with E-state index in [4.69, 9.17) is 16.3 Å². The van der Waals surface area contributed by atoms with Crippen molar-refractivity contribution in [2.24, 2.45) is 0 Å².